The van der Waals surface area contributed by atoms with Crippen molar-refractivity contribution in [2.24, 2.45) is 0 Å². The lowest BCUT2D eigenvalue weighted by atomic mass is 10.1. The molecule has 0 atom stereocenters. The van der Waals surface area contributed by atoms with Crippen LogP contribution in [0.15, 0.2) is 36.4 Å². The maximum Gasteiger partial charge on any atom is 0.238 e. The van der Waals surface area contributed by atoms with Crippen molar-refractivity contribution >= 4 is 34.8 Å². The SMILES string of the molecule is COc1ccc(Cl)cc1NCCC(=O)N1CCN(CC(=O)Nc2c(C)cccc2C)CC1. The van der Waals surface area contributed by atoms with Crippen LogP contribution in [0.5, 0.6) is 5.75 Å². The predicted octanol–water partition coefficient (Wildman–Crippen LogP) is 3.55. The lowest BCUT2D eigenvalue weighted by Crippen LogP contribution is -2.50. The zero-order valence-corrected chi connectivity index (χ0v) is 19.7. The fourth-order valence-electron chi connectivity index (χ4n) is 3.83. The number of anilines is 2. The molecule has 0 bridgehead atoms. The molecule has 1 fully saturated rings. The van der Waals surface area contributed by atoms with Crippen LogP contribution >= 0.6 is 11.6 Å². The molecule has 172 valence electrons. The number of rotatable bonds is 8. The molecule has 0 aliphatic carbocycles. The van der Waals surface area contributed by atoms with Crippen LogP contribution in [0.25, 0.3) is 0 Å². The number of benzene rings is 2. The zero-order chi connectivity index (χ0) is 23.1. The standard InChI is InChI=1S/C24H31ClN4O3/c1-17-5-4-6-18(2)24(17)27-22(30)16-28-11-13-29(14-12-28)23(31)9-10-26-20-15-19(25)7-8-21(20)32-3/h4-8,15,26H,9-14,16H2,1-3H3,(H,27,30). The van der Waals surface area contributed by atoms with Gasteiger partial charge in [0.15, 0.2) is 0 Å². The number of para-hydroxylation sites is 1. The first-order valence-corrected chi connectivity index (χ1v) is 11.2. The van der Waals surface area contributed by atoms with Gasteiger partial charge in [-0.25, -0.2) is 0 Å². The monoisotopic (exact) mass is 458 g/mol. The van der Waals surface area contributed by atoms with Gasteiger partial charge in [0.05, 0.1) is 19.3 Å². The summed E-state index contributed by atoms with van der Waals surface area (Å²) in [7, 11) is 1.60. The molecule has 0 unspecified atom stereocenters. The van der Waals surface area contributed by atoms with Crippen LogP contribution in [-0.2, 0) is 9.59 Å². The van der Waals surface area contributed by atoms with E-state index in [0.29, 0.717) is 56.5 Å². The number of methoxy groups -OCH3 is 1. The Morgan fingerprint density at radius 3 is 2.41 bits per heavy atom. The van der Waals surface area contributed by atoms with Gasteiger partial charge in [-0.1, -0.05) is 29.8 Å². The molecule has 0 saturated carbocycles. The highest BCUT2D eigenvalue weighted by Crippen LogP contribution is 2.27. The first kappa shape index (κ1) is 23.9. The minimum Gasteiger partial charge on any atom is -0.495 e. The van der Waals surface area contributed by atoms with E-state index < -0.39 is 0 Å². The van der Waals surface area contributed by atoms with Crippen molar-refractivity contribution in [3.8, 4) is 5.75 Å². The highest BCUT2D eigenvalue weighted by molar-refractivity contribution is 6.30. The molecule has 8 heteroatoms. The van der Waals surface area contributed by atoms with Gasteiger partial charge in [-0.2, -0.15) is 0 Å². The van der Waals surface area contributed by atoms with Gasteiger partial charge >= 0.3 is 0 Å². The molecule has 1 saturated heterocycles. The molecule has 0 radical (unpaired) electrons. The van der Waals surface area contributed by atoms with Crippen LogP contribution in [0.2, 0.25) is 5.02 Å². The fourth-order valence-corrected chi connectivity index (χ4v) is 4.00. The van der Waals surface area contributed by atoms with E-state index in [1.54, 1.807) is 25.3 Å². The summed E-state index contributed by atoms with van der Waals surface area (Å²) >= 11 is 6.04. The number of hydrogen-bond acceptors (Lipinski definition) is 5. The number of ether oxygens (including phenoxy) is 1. The van der Waals surface area contributed by atoms with Gasteiger partial charge in [-0.15, -0.1) is 0 Å². The van der Waals surface area contributed by atoms with Crippen LogP contribution in [0, 0.1) is 13.8 Å². The zero-order valence-electron chi connectivity index (χ0n) is 18.9. The summed E-state index contributed by atoms with van der Waals surface area (Å²) in [6.45, 7) is 7.41. The maximum absolute atomic E-state index is 12.6. The third-order valence-electron chi connectivity index (χ3n) is 5.65. The van der Waals surface area contributed by atoms with E-state index >= 15 is 0 Å². The lowest BCUT2D eigenvalue weighted by molar-refractivity contribution is -0.132. The van der Waals surface area contributed by atoms with Crippen LogP contribution in [-0.4, -0.2) is 68.0 Å². The summed E-state index contributed by atoms with van der Waals surface area (Å²) in [4.78, 5) is 29.0. The molecule has 0 aromatic heterocycles. The molecule has 2 aromatic rings. The van der Waals surface area contributed by atoms with Crippen molar-refractivity contribution in [3.05, 3.63) is 52.5 Å². The Hall–Kier alpha value is -2.77. The Labute approximate surface area is 194 Å². The van der Waals surface area contributed by atoms with E-state index in [2.05, 4.69) is 15.5 Å². The Balaban J connectivity index is 1.41. The second-order valence-corrected chi connectivity index (χ2v) is 8.43. The van der Waals surface area contributed by atoms with Crippen LogP contribution in [0.3, 0.4) is 0 Å². The molecule has 32 heavy (non-hydrogen) atoms. The van der Waals surface area contributed by atoms with Gasteiger partial charge in [0.2, 0.25) is 11.8 Å². The Bertz CT molecular complexity index is 938. The van der Waals surface area contributed by atoms with Gasteiger partial charge in [0.1, 0.15) is 5.75 Å². The number of amides is 2. The number of nitrogens with zero attached hydrogens (tertiary/aromatic N) is 2. The van der Waals surface area contributed by atoms with Gasteiger partial charge in [0.25, 0.3) is 0 Å². The van der Waals surface area contributed by atoms with E-state index in [1.165, 1.54) is 0 Å². The molecule has 2 N–H and O–H groups in total. The summed E-state index contributed by atoms with van der Waals surface area (Å²) in [5.74, 6) is 0.759. The molecule has 1 aliphatic rings. The van der Waals surface area contributed by atoms with Gasteiger partial charge in [-0.05, 0) is 43.2 Å². The molecule has 0 spiro atoms. The highest BCUT2D eigenvalue weighted by Gasteiger charge is 2.22. The smallest absolute Gasteiger partial charge is 0.238 e. The number of piperazine rings is 1. The second kappa shape index (κ2) is 11.2. The highest BCUT2D eigenvalue weighted by atomic mass is 35.5. The summed E-state index contributed by atoms with van der Waals surface area (Å²) in [6, 6.07) is 11.3. The Morgan fingerprint density at radius 1 is 1.06 bits per heavy atom. The quantitative estimate of drug-likeness (QED) is 0.632. The number of halogens is 1. The van der Waals surface area contributed by atoms with Crippen molar-refractivity contribution in [1.29, 1.82) is 0 Å². The lowest BCUT2D eigenvalue weighted by Gasteiger charge is -2.34. The van der Waals surface area contributed by atoms with Crippen LogP contribution < -0.4 is 15.4 Å². The summed E-state index contributed by atoms with van der Waals surface area (Å²) in [6.07, 6.45) is 0.378. The van der Waals surface area contributed by atoms with E-state index in [9.17, 15) is 9.59 Å². The summed E-state index contributed by atoms with van der Waals surface area (Å²) < 4.78 is 5.31. The second-order valence-electron chi connectivity index (χ2n) is 7.99. The topological polar surface area (TPSA) is 73.9 Å². The normalized spacial score (nSPS) is 14.2. The first-order chi connectivity index (χ1) is 15.4. The molecule has 1 aliphatic heterocycles. The number of nitrogens with one attached hydrogen (secondary N) is 2. The molecule has 3 rings (SSSR count). The molecular formula is C24H31ClN4O3. The predicted molar refractivity (Wildman–Crippen MR) is 129 cm³/mol. The third-order valence-corrected chi connectivity index (χ3v) is 5.89. The van der Waals surface area contributed by atoms with Crippen molar-refractivity contribution in [1.82, 2.24) is 9.80 Å². The van der Waals surface area contributed by atoms with E-state index in [1.807, 2.05) is 36.9 Å². The van der Waals surface area contributed by atoms with Crippen molar-refractivity contribution < 1.29 is 14.3 Å². The molecule has 7 nitrogen and oxygen atoms in total. The van der Waals surface area contributed by atoms with Crippen LogP contribution in [0.1, 0.15) is 17.5 Å². The average Bonchev–Trinajstić information content (AvgIpc) is 2.77. The van der Waals surface area contributed by atoms with E-state index in [4.69, 9.17) is 16.3 Å². The number of carbonyl (C=O) groups is 2. The van der Waals surface area contributed by atoms with Crippen LogP contribution in [0.4, 0.5) is 11.4 Å². The molecule has 2 amide bonds. The number of hydrogen-bond donors (Lipinski definition) is 2. The molecule has 1 heterocycles. The summed E-state index contributed by atoms with van der Waals surface area (Å²) in [5.41, 5.74) is 3.76. The van der Waals surface area contributed by atoms with Crippen molar-refractivity contribution in [2.75, 3.05) is 57.0 Å². The third kappa shape index (κ3) is 6.37. The number of carbonyl (C=O) groups excluding carboxylic acids is 2. The van der Waals surface area contributed by atoms with E-state index in [0.717, 1.165) is 22.5 Å². The Kier molecular flexibility index (Phi) is 8.36. The maximum atomic E-state index is 12.6. The van der Waals surface area contributed by atoms with Crippen molar-refractivity contribution in [2.45, 2.75) is 20.3 Å². The fraction of sp³-hybridized carbons (Fsp3) is 0.417. The average molecular weight is 459 g/mol. The summed E-state index contributed by atoms with van der Waals surface area (Å²) in [5, 5.41) is 6.86. The van der Waals surface area contributed by atoms with Gasteiger partial charge < -0.3 is 20.3 Å². The largest absolute Gasteiger partial charge is 0.495 e. The van der Waals surface area contributed by atoms with Gasteiger partial charge in [0, 0.05) is 49.9 Å². The minimum atomic E-state index is -0.0261. The molecular weight excluding hydrogens is 428 g/mol. The minimum absolute atomic E-state index is 0.0261. The van der Waals surface area contributed by atoms with Gasteiger partial charge in [-0.3, -0.25) is 14.5 Å². The number of aryl methyl sites for hydroxylation is 2. The first-order valence-electron chi connectivity index (χ1n) is 10.8. The Morgan fingerprint density at radius 2 is 1.75 bits per heavy atom. The van der Waals surface area contributed by atoms with Crippen molar-refractivity contribution in [3.63, 3.8) is 0 Å². The molecule has 2 aromatic carbocycles. The van der Waals surface area contributed by atoms with E-state index in [-0.39, 0.29) is 11.8 Å².